The number of carbonyl (C=O) groups excluding carboxylic acids is 2. The Labute approximate surface area is 271 Å². The van der Waals surface area contributed by atoms with Crippen LogP contribution in [0.3, 0.4) is 0 Å². The van der Waals surface area contributed by atoms with Crippen LogP contribution in [0.5, 0.6) is 0 Å². The van der Waals surface area contributed by atoms with E-state index in [9.17, 15) is 14.7 Å². The summed E-state index contributed by atoms with van der Waals surface area (Å²) in [5, 5.41) is 9.52. The molecular formula is C39H68O5. The minimum atomic E-state index is -0.787. The highest BCUT2D eigenvalue weighted by molar-refractivity contribution is 5.70. The fourth-order valence-electron chi connectivity index (χ4n) is 4.86. The summed E-state index contributed by atoms with van der Waals surface area (Å²) in [7, 11) is 0. The fourth-order valence-corrected chi connectivity index (χ4v) is 4.86. The van der Waals surface area contributed by atoms with Crippen molar-refractivity contribution in [2.75, 3.05) is 13.2 Å². The third-order valence-electron chi connectivity index (χ3n) is 7.61. The van der Waals surface area contributed by atoms with Gasteiger partial charge in [0.15, 0.2) is 6.10 Å². The number of rotatable bonds is 32. The Kier molecular flexibility index (Phi) is 33.6. The van der Waals surface area contributed by atoms with E-state index in [-0.39, 0.29) is 25.2 Å². The van der Waals surface area contributed by atoms with E-state index >= 15 is 0 Å². The number of ether oxygens (including phenoxy) is 2. The first-order valence-electron chi connectivity index (χ1n) is 18.2. The first kappa shape index (κ1) is 41.9. The predicted octanol–water partition coefficient (Wildman–Crippen LogP) is 11.1. The van der Waals surface area contributed by atoms with Gasteiger partial charge in [-0.3, -0.25) is 9.59 Å². The number of aliphatic hydroxyl groups is 1. The fraction of sp³-hybridized carbons (Fsp3) is 0.744. The SMILES string of the molecule is CC/C=C\C/C=C\C/C=C\CCCCCC(=O)OC(CO)COC(=O)CCCCCCCCC/C=C\CCCCCCCC. The topological polar surface area (TPSA) is 72.8 Å². The Bertz CT molecular complexity index is 752. The molecule has 5 heteroatoms. The molecule has 0 bridgehead atoms. The van der Waals surface area contributed by atoms with Gasteiger partial charge in [-0.05, 0) is 70.6 Å². The average Bonchev–Trinajstić information content (AvgIpc) is 3.02. The van der Waals surface area contributed by atoms with Crippen molar-refractivity contribution in [2.45, 2.75) is 174 Å². The summed E-state index contributed by atoms with van der Waals surface area (Å²) in [5.41, 5.74) is 0. The van der Waals surface area contributed by atoms with Crippen LogP contribution in [0.15, 0.2) is 48.6 Å². The Hall–Kier alpha value is -2.14. The van der Waals surface area contributed by atoms with Crippen molar-refractivity contribution >= 4 is 11.9 Å². The highest BCUT2D eigenvalue weighted by Crippen LogP contribution is 2.12. The lowest BCUT2D eigenvalue weighted by Gasteiger charge is -2.15. The zero-order chi connectivity index (χ0) is 32.2. The summed E-state index contributed by atoms with van der Waals surface area (Å²) in [6, 6.07) is 0. The molecule has 44 heavy (non-hydrogen) atoms. The Morgan fingerprint density at radius 1 is 0.545 bits per heavy atom. The first-order valence-corrected chi connectivity index (χ1v) is 18.2. The summed E-state index contributed by atoms with van der Waals surface area (Å²) in [5.74, 6) is -0.633. The molecule has 1 atom stereocenters. The number of hydrogen-bond donors (Lipinski definition) is 1. The van der Waals surface area contributed by atoms with Crippen LogP contribution < -0.4 is 0 Å². The van der Waals surface area contributed by atoms with Crippen molar-refractivity contribution in [3.8, 4) is 0 Å². The van der Waals surface area contributed by atoms with Crippen molar-refractivity contribution in [1.82, 2.24) is 0 Å². The highest BCUT2D eigenvalue weighted by Gasteiger charge is 2.16. The zero-order valence-corrected chi connectivity index (χ0v) is 28.7. The van der Waals surface area contributed by atoms with Crippen LogP contribution in [-0.4, -0.2) is 36.4 Å². The third kappa shape index (κ3) is 32.8. The van der Waals surface area contributed by atoms with E-state index in [1.54, 1.807) is 0 Å². The van der Waals surface area contributed by atoms with Gasteiger partial charge in [0.1, 0.15) is 6.61 Å². The van der Waals surface area contributed by atoms with Gasteiger partial charge in [0.25, 0.3) is 0 Å². The van der Waals surface area contributed by atoms with Crippen LogP contribution in [0.4, 0.5) is 0 Å². The second-order valence-corrected chi connectivity index (χ2v) is 11.9. The molecule has 0 aromatic heterocycles. The maximum atomic E-state index is 12.1. The smallest absolute Gasteiger partial charge is 0.306 e. The number of unbranched alkanes of at least 4 members (excludes halogenated alkanes) is 16. The van der Waals surface area contributed by atoms with Crippen molar-refractivity contribution in [3.05, 3.63) is 48.6 Å². The van der Waals surface area contributed by atoms with Gasteiger partial charge in [-0.15, -0.1) is 0 Å². The standard InChI is InChI=1S/C39H68O5/c1-3-5-7-9-11-13-15-17-18-19-20-22-23-25-27-29-31-33-38(41)43-36-37(35-40)44-39(42)34-32-30-28-26-24-21-16-14-12-10-8-6-4-2/h6,8,12,14,17-18,21,24,37,40H,3-5,7,9-11,13,15-16,19-20,22-23,25-36H2,1-2H3/b8-6-,14-12-,18-17-,24-21-. The van der Waals surface area contributed by atoms with Gasteiger partial charge in [0.05, 0.1) is 6.61 Å². The molecule has 0 aliphatic carbocycles. The summed E-state index contributed by atoms with van der Waals surface area (Å²) < 4.78 is 10.5. The maximum absolute atomic E-state index is 12.1. The van der Waals surface area contributed by atoms with Gasteiger partial charge in [0.2, 0.25) is 0 Å². The number of esters is 2. The van der Waals surface area contributed by atoms with Gasteiger partial charge in [-0.25, -0.2) is 0 Å². The van der Waals surface area contributed by atoms with Crippen LogP contribution in [0, 0.1) is 0 Å². The molecule has 0 saturated carbocycles. The lowest BCUT2D eigenvalue weighted by molar-refractivity contribution is -0.161. The van der Waals surface area contributed by atoms with E-state index in [0.717, 1.165) is 64.2 Å². The lowest BCUT2D eigenvalue weighted by atomic mass is 10.1. The molecule has 0 aliphatic heterocycles. The number of allylic oxidation sites excluding steroid dienone is 8. The molecule has 5 nitrogen and oxygen atoms in total. The largest absolute Gasteiger partial charge is 0.462 e. The molecular weight excluding hydrogens is 548 g/mol. The molecule has 1 N–H and O–H groups in total. The van der Waals surface area contributed by atoms with Crippen LogP contribution in [0.25, 0.3) is 0 Å². The third-order valence-corrected chi connectivity index (χ3v) is 7.61. The molecule has 0 rings (SSSR count). The summed E-state index contributed by atoms with van der Waals surface area (Å²) in [6.07, 6.45) is 43.1. The van der Waals surface area contributed by atoms with Crippen molar-refractivity contribution in [1.29, 1.82) is 0 Å². The molecule has 0 saturated heterocycles. The van der Waals surface area contributed by atoms with E-state index < -0.39 is 6.10 Å². The lowest BCUT2D eigenvalue weighted by Crippen LogP contribution is -2.28. The van der Waals surface area contributed by atoms with Crippen molar-refractivity contribution < 1.29 is 24.2 Å². The Balaban J connectivity index is 3.61. The van der Waals surface area contributed by atoms with Crippen molar-refractivity contribution in [2.24, 2.45) is 0 Å². The van der Waals surface area contributed by atoms with Crippen molar-refractivity contribution in [3.63, 3.8) is 0 Å². The first-order chi connectivity index (χ1) is 21.6. The van der Waals surface area contributed by atoms with Gasteiger partial charge in [0, 0.05) is 12.8 Å². The zero-order valence-electron chi connectivity index (χ0n) is 28.7. The molecule has 1 unspecified atom stereocenters. The second kappa shape index (κ2) is 35.3. The van der Waals surface area contributed by atoms with E-state index in [0.29, 0.717) is 12.8 Å². The molecule has 0 fully saturated rings. The molecule has 0 aromatic carbocycles. The van der Waals surface area contributed by atoms with Crippen LogP contribution in [-0.2, 0) is 19.1 Å². The van der Waals surface area contributed by atoms with Gasteiger partial charge >= 0.3 is 11.9 Å². The van der Waals surface area contributed by atoms with Crippen LogP contribution in [0.2, 0.25) is 0 Å². The summed E-state index contributed by atoms with van der Waals surface area (Å²) >= 11 is 0. The van der Waals surface area contributed by atoms with Gasteiger partial charge < -0.3 is 14.6 Å². The highest BCUT2D eigenvalue weighted by atomic mass is 16.6. The van der Waals surface area contributed by atoms with E-state index in [4.69, 9.17) is 9.47 Å². The summed E-state index contributed by atoms with van der Waals surface area (Å²) in [6.45, 7) is 3.98. The average molecular weight is 617 g/mol. The Morgan fingerprint density at radius 2 is 0.977 bits per heavy atom. The predicted molar refractivity (Wildman–Crippen MR) is 187 cm³/mol. The van der Waals surface area contributed by atoms with E-state index in [1.807, 2.05) is 0 Å². The van der Waals surface area contributed by atoms with Crippen LogP contribution >= 0.6 is 0 Å². The quantitative estimate of drug-likeness (QED) is 0.0462. The van der Waals surface area contributed by atoms with E-state index in [1.165, 1.54) is 77.0 Å². The monoisotopic (exact) mass is 617 g/mol. The van der Waals surface area contributed by atoms with Gasteiger partial charge in [-0.2, -0.15) is 0 Å². The molecule has 0 amide bonds. The normalized spacial score (nSPS) is 12.7. The molecule has 0 heterocycles. The molecule has 0 aromatic rings. The minimum absolute atomic E-state index is 0.0807. The number of aliphatic hydroxyl groups excluding tert-OH is 1. The number of hydrogen-bond acceptors (Lipinski definition) is 5. The molecule has 0 aliphatic rings. The van der Waals surface area contributed by atoms with E-state index in [2.05, 4.69) is 62.5 Å². The molecule has 0 spiro atoms. The van der Waals surface area contributed by atoms with Gasteiger partial charge in [-0.1, -0.05) is 133 Å². The van der Waals surface area contributed by atoms with Crippen LogP contribution in [0.1, 0.15) is 168 Å². The maximum Gasteiger partial charge on any atom is 0.306 e. The number of carbonyl (C=O) groups is 2. The molecule has 0 radical (unpaired) electrons. The summed E-state index contributed by atoms with van der Waals surface area (Å²) in [4.78, 5) is 24.2. The second-order valence-electron chi connectivity index (χ2n) is 11.9. The Morgan fingerprint density at radius 3 is 1.52 bits per heavy atom. The minimum Gasteiger partial charge on any atom is -0.462 e. The molecule has 254 valence electrons.